The number of hydrogen-bond acceptors (Lipinski definition) is 3. The largest absolute Gasteiger partial charge is 0.246 e. The lowest BCUT2D eigenvalue weighted by Crippen LogP contribution is -2.01. The van der Waals surface area contributed by atoms with Gasteiger partial charge in [0.15, 0.2) is 5.82 Å². The van der Waals surface area contributed by atoms with Crippen LogP contribution in [-0.2, 0) is 0 Å². The Kier molecular flexibility index (Phi) is 12.0. The van der Waals surface area contributed by atoms with Crippen LogP contribution in [0.5, 0.6) is 0 Å². The fourth-order valence-corrected chi connectivity index (χ4v) is 9.78. The zero-order chi connectivity index (χ0) is 48.1. The summed E-state index contributed by atoms with van der Waals surface area (Å²) < 4.78 is 0. The monoisotopic (exact) mass is 917 g/mol. The summed E-state index contributed by atoms with van der Waals surface area (Å²) in [6.07, 6.45) is 0. The average Bonchev–Trinajstić information content (AvgIpc) is 3.48. The van der Waals surface area contributed by atoms with Gasteiger partial charge in [-0.25, -0.2) is 15.0 Å². The molecule has 12 rings (SSSR count). The van der Waals surface area contributed by atoms with Crippen molar-refractivity contribution in [3.05, 3.63) is 285 Å². The van der Waals surface area contributed by atoms with Gasteiger partial charge in [-0.2, -0.15) is 0 Å². The molecule has 2 heterocycles. The van der Waals surface area contributed by atoms with Crippen molar-refractivity contribution < 1.29 is 0 Å². The highest BCUT2D eigenvalue weighted by molar-refractivity contribution is 6.05. The van der Waals surface area contributed by atoms with Crippen LogP contribution in [0.1, 0.15) is 0 Å². The molecule has 12 aromatic rings. The summed E-state index contributed by atoms with van der Waals surface area (Å²) in [4.78, 5) is 16.3. The van der Waals surface area contributed by atoms with Gasteiger partial charge in [-0.15, -0.1) is 0 Å². The van der Waals surface area contributed by atoms with Crippen LogP contribution >= 0.6 is 0 Å². The molecule has 0 unspecified atom stereocenters. The first-order chi connectivity index (χ1) is 35.7. The van der Waals surface area contributed by atoms with E-state index in [2.05, 4.69) is 279 Å². The van der Waals surface area contributed by atoms with E-state index in [1.807, 2.05) is 6.07 Å². The van der Waals surface area contributed by atoms with E-state index < -0.39 is 0 Å². The highest BCUT2D eigenvalue weighted by Crippen LogP contribution is 2.49. The Morgan fingerprint density at radius 3 is 0.917 bits per heavy atom. The lowest BCUT2D eigenvalue weighted by molar-refractivity contribution is 1.18. The zero-order valence-electron chi connectivity index (χ0n) is 39.5. The van der Waals surface area contributed by atoms with E-state index in [0.29, 0.717) is 5.82 Å². The second-order valence-electron chi connectivity index (χ2n) is 17.9. The van der Waals surface area contributed by atoms with Gasteiger partial charge in [-0.3, -0.25) is 0 Å². The molecule has 0 aliphatic rings. The highest BCUT2D eigenvalue weighted by atomic mass is 14.9. The fourth-order valence-electron chi connectivity index (χ4n) is 9.78. The van der Waals surface area contributed by atoms with E-state index in [0.717, 1.165) is 117 Å². The molecule has 0 saturated heterocycles. The van der Waals surface area contributed by atoms with Crippen molar-refractivity contribution in [1.82, 2.24) is 15.0 Å². The number of aromatic nitrogens is 3. The van der Waals surface area contributed by atoms with Crippen LogP contribution in [0, 0.1) is 0 Å². The molecule has 2 aromatic heterocycles. The van der Waals surface area contributed by atoms with E-state index in [-0.39, 0.29) is 0 Å². The van der Waals surface area contributed by atoms with Gasteiger partial charge in [0, 0.05) is 44.5 Å². The van der Waals surface area contributed by atoms with Gasteiger partial charge in [0.05, 0.1) is 22.8 Å². The van der Waals surface area contributed by atoms with Crippen LogP contribution < -0.4 is 0 Å². The first kappa shape index (κ1) is 43.7. The number of nitrogens with zero attached hydrogens (tertiary/aromatic N) is 3. The molecule has 0 atom stereocenters. The molecular formula is C69H47N3. The van der Waals surface area contributed by atoms with Crippen LogP contribution in [0.25, 0.3) is 123 Å². The van der Waals surface area contributed by atoms with Crippen molar-refractivity contribution in [3.8, 4) is 123 Å². The fraction of sp³-hybridized carbons (Fsp3) is 0. The third-order valence-corrected chi connectivity index (χ3v) is 13.3. The Bertz CT molecular complexity index is 3630. The molecule has 0 saturated carbocycles. The molecule has 3 nitrogen and oxygen atoms in total. The smallest absolute Gasteiger partial charge is 0.160 e. The summed E-state index contributed by atoms with van der Waals surface area (Å²) in [7, 11) is 0. The van der Waals surface area contributed by atoms with E-state index >= 15 is 0 Å². The van der Waals surface area contributed by atoms with Crippen LogP contribution in [-0.4, -0.2) is 15.0 Å². The first-order valence-corrected chi connectivity index (χ1v) is 24.4. The van der Waals surface area contributed by atoms with Gasteiger partial charge in [0.1, 0.15) is 0 Å². The van der Waals surface area contributed by atoms with Crippen molar-refractivity contribution in [2.24, 2.45) is 0 Å². The van der Waals surface area contributed by atoms with E-state index in [1.54, 1.807) is 0 Å². The van der Waals surface area contributed by atoms with Crippen molar-refractivity contribution >= 4 is 0 Å². The van der Waals surface area contributed by atoms with E-state index in [9.17, 15) is 0 Å². The quantitative estimate of drug-likeness (QED) is 0.130. The SMILES string of the molecule is c1ccc(-c2cc(-c3ccccc3)cc(-c3nc(-c4ccccc4)cc(-c4ccc(-c5cccc(-c6c(-c7ccccc7)c(-c7ccccc7)nc(-c7ccccc7)c6-c6ccccc6)c5)cc4)n3)c2)cc1. The van der Waals surface area contributed by atoms with Crippen LogP contribution in [0.4, 0.5) is 0 Å². The molecule has 0 N–H and O–H groups in total. The van der Waals surface area contributed by atoms with Gasteiger partial charge in [-0.05, 0) is 80.4 Å². The topological polar surface area (TPSA) is 38.7 Å². The van der Waals surface area contributed by atoms with Gasteiger partial charge in [-0.1, -0.05) is 255 Å². The summed E-state index contributed by atoms with van der Waals surface area (Å²) >= 11 is 0. The van der Waals surface area contributed by atoms with Crippen molar-refractivity contribution in [3.63, 3.8) is 0 Å². The van der Waals surface area contributed by atoms with Gasteiger partial charge >= 0.3 is 0 Å². The minimum atomic E-state index is 0.670. The maximum absolute atomic E-state index is 5.65. The van der Waals surface area contributed by atoms with Crippen molar-refractivity contribution in [2.45, 2.75) is 0 Å². The van der Waals surface area contributed by atoms with E-state index in [1.165, 1.54) is 0 Å². The maximum atomic E-state index is 5.65. The minimum Gasteiger partial charge on any atom is -0.246 e. The third kappa shape index (κ3) is 8.95. The lowest BCUT2D eigenvalue weighted by atomic mass is 9.82. The predicted octanol–water partition coefficient (Wildman–Crippen LogP) is 18.2. The van der Waals surface area contributed by atoms with Gasteiger partial charge in [0.2, 0.25) is 0 Å². The van der Waals surface area contributed by atoms with Crippen LogP contribution in [0.2, 0.25) is 0 Å². The maximum Gasteiger partial charge on any atom is 0.160 e. The molecule has 338 valence electrons. The molecule has 0 aliphatic carbocycles. The summed E-state index contributed by atoms with van der Waals surface area (Å²) in [5.41, 5.74) is 22.0. The predicted molar refractivity (Wildman–Crippen MR) is 300 cm³/mol. The standard InChI is InChI=1S/C69H47N3/c1-8-23-48(24-9-1)59-44-60(49-25-10-2-11-26-49)46-61(45-59)69-70-62(51-27-12-3-13-28-51)47-63(71-69)52-41-39-50(40-42-52)57-37-22-38-58(43-57)64-65(53-29-14-4-15-30-53)67(55-33-18-6-19-34-55)72-68(56-35-20-7-21-36-56)66(64)54-31-16-5-17-32-54/h1-47H. The first-order valence-electron chi connectivity index (χ1n) is 24.4. The summed E-state index contributed by atoms with van der Waals surface area (Å²) in [5, 5.41) is 0. The number of hydrogen-bond donors (Lipinski definition) is 0. The Labute approximate surface area is 421 Å². The summed E-state index contributed by atoms with van der Waals surface area (Å²) in [6.45, 7) is 0. The molecule has 3 heteroatoms. The number of pyridine rings is 1. The molecular weight excluding hydrogens is 871 g/mol. The van der Waals surface area contributed by atoms with Gasteiger partial charge < -0.3 is 0 Å². The second-order valence-corrected chi connectivity index (χ2v) is 17.9. The van der Waals surface area contributed by atoms with Crippen LogP contribution in [0.3, 0.4) is 0 Å². The third-order valence-electron chi connectivity index (χ3n) is 13.3. The molecule has 0 radical (unpaired) electrons. The molecule has 10 aromatic carbocycles. The van der Waals surface area contributed by atoms with Crippen molar-refractivity contribution in [1.29, 1.82) is 0 Å². The molecule has 72 heavy (non-hydrogen) atoms. The number of benzene rings is 10. The average molecular weight is 918 g/mol. The van der Waals surface area contributed by atoms with Gasteiger partial charge in [0.25, 0.3) is 0 Å². The molecule has 0 aliphatic heterocycles. The zero-order valence-corrected chi connectivity index (χ0v) is 39.5. The second kappa shape index (κ2) is 19.8. The summed E-state index contributed by atoms with van der Waals surface area (Å²) in [6, 6.07) is 101. The van der Waals surface area contributed by atoms with Crippen molar-refractivity contribution in [2.75, 3.05) is 0 Å². The molecule has 0 amide bonds. The van der Waals surface area contributed by atoms with Crippen LogP contribution in [0.15, 0.2) is 285 Å². The number of rotatable bonds is 11. The Balaban J connectivity index is 1.01. The molecule has 0 bridgehead atoms. The highest BCUT2D eigenvalue weighted by Gasteiger charge is 2.25. The Morgan fingerprint density at radius 1 is 0.167 bits per heavy atom. The van der Waals surface area contributed by atoms with E-state index in [4.69, 9.17) is 15.0 Å². The molecule has 0 fully saturated rings. The summed E-state index contributed by atoms with van der Waals surface area (Å²) in [5.74, 6) is 0.670. The normalized spacial score (nSPS) is 11.1. The molecule has 0 spiro atoms. The Hall–Kier alpha value is -9.57. The Morgan fingerprint density at radius 2 is 0.472 bits per heavy atom. The lowest BCUT2D eigenvalue weighted by Gasteiger charge is -2.23. The minimum absolute atomic E-state index is 0.670.